The number of halogens is 3. The minimum absolute atomic E-state index is 0.305. The van der Waals surface area contributed by atoms with E-state index in [9.17, 15) is 13.2 Å². The van der Waals surface area contributed by atoms with Crippen molar-refractivity contribution >= 4 is 18.1 Å². The maximum absolute atomic E-state index is 11.9. The summed E-state index contributed by atoms with van der Waals surface area (Å²) in [7, 11) is 1.63. The van der Waals surface area contributed by atoms with Crippen LogP contribution < -0.4 is 10.1 Å². The van der Waals surface area contributed by atoms with Crippen LogP contribution in [0.4, 0.5) is 24.5 Å². The first kappa shape index (κ1) is 11.4. The van der Waals surface area contributed by atoms with Gasteiger partial charge in [0.05, 0.1) is 11.4 Å². The molecule has 0 spiro atoms. The monoisotopic (exact) mass is 218 g/mol. The zero-order valence-electron chi connectivity index (χ0n) is 7.93. The van der Waals surface area contributed by atoms with Gasteiger partial charge in [-0.1, -0.05) is 0 Å². The summed E-state index contributed by atoms with van der Waals surface area (Å²) in [4.78, 5) is 3.57. The first-order valence-corrected chi connectivity index (χ1v) is 4.00. The van der Waals surface area contributed by atoms with Gasteiger partial charge in [-0.2, -0.15) is 0 Å². The molecule has 0 saturated carbocycles. The third-order valence-electron chi connectivity index (χ3n) is 1.64. The van der Waals surface area contributed by atoms with Gasteiger partial charge < -0.3 is 10.1 Å². The molecular formula is C9H9F3N2O. The van der Waals surface area contributed by atoms with Crippen LogP contribution in [-0.4, -0.2) is 20.1 Å². The molecule has 0 aliphatic heterocycles. The highest BCUT2D eigenvalue weighted by Gasteiger charge is 2.31. The van der Waals surface area contributed by atoms with Gasteiger partial charge in [-0.15, -0.1) is 13.2 Å². The van der Waals surface area contributed by atoms with E-state index in [0.29, 0.717) is 11.4 Å². The van der Waals surface area contributed by atoms with Gasteiger partial charge in [-0.05, 0) is 18.9 Å². The average molecular weight is 218 g/mol. The number of hydrogen-bond donors (Lipinski definition) is 1. The van der Waals surface area contributed by atoms with E-state index in [0.717, 1.165) is 6.07 Å². The number of rotatable bonds is 3. The SMILES string of the molecule is C=Nc1cc(OC(F)(F)F)ccc1NC. The van der Waals surface area contributed by atoms with Crippen molar-refractivity contribution in [2.75, 3.05) is 12.4 Å². The Bertz CT molecular complexity index is 363. The number of benzene rings is 1. The van der Waals surface area contributed by atoms with Crippen LogP contribution in [-0.2, 0) is 0 Å². The molecule has 15 heavy (non-hydrogen) atoms. The van der Waals surface area contributed by atoms with Crippen LogP contribution >= 0.6 is 0 Å². The van der Waals surface area contributed by atoms with Crippen LogP contribution in [0, 0.1) is 0 Å². The summed E-state index contributed by atoms with van der Waals surface area (Å²) < 4.78 is 39.4. The fraction of sp³-hybridized carbons (Fsp3) is 0.222. The first-order valence-electron chi connectivity index (χ1n) is 4.00. The molecule has 0 aromatic heterocycles. The molecule has 0 bridgehead atoms. The van der Waals surface area contributed by atoms with Gasteiger partial charge in [0, 0.05) is 13.1 Å². The second-order valence-corrected chi connectivity index (χ2v) is 2.63. The largest absolute Gasteiger partial charge is 0.573 e. The minimum atomic E-state index is -4.69. The fourth-order valence-electron chi connectivity index (χ4n) is 1.05. The Labute approximate surface area is 84.6 Å². The van der Waals surface area contributed by atoms with Crippen molar-refractivity contribution in [2.45, 2.75) is 6.36 Å². The van der Waals surface area contributed by atoms with Crippen molar-refractivity contribution in [1.29, 1.82) is 0 Å². The van der Waals surface area contributed by atoms with Crippen molar-refractivity contribution in [1.82, 2.24) is 0 Å². The van der Waals surface area contributed by atoms with Gasteiger partial charge in [0.15, 0.2) is 0 Å². The fourth-order valence-corrected chi connectivity index (χ4v) is 1.05. The quantitative estimate of drug-likeness (QED) is 0.791. The van der Waals surface area contributed by atoms with Gasteiger partial charge >= 0.3 is 6.36 Å². The maximum atomic E-state index is 11.9. The molecule has 0 amide bonds. The number of hydrogen-bond acceptors (Lipinski definition) is 3. The smallest absolute Gasteiger partial charge is 0.406 e. The Morgan fingerprint density at radius 2 is 2.07 bits per heavy atom. The van der Waals surface area contributed by atoms with Crippen molar-refractivity contribution in [3.8, 4) is 5.75 Å². The summed E-state index contributed by atoms with van der Waals surface area (Å²) in [5, 5.41) is 2.77. The predicted molar refractivity (Wildman–Crippen MR) is 51.9 cm³/mol. The molecule has 1 rings (SSSR count). The third kappa shape index (κ3) is 3.16. The van der Waals surface area contributed by atoms with Crippen LogP contribution in [0.15, 0.2) is 23.2 Å². The molecule has 0 atom stereocenters. The van der Waals surface area contributed by atoms with E-state index in [1.165, 1.54) is 12.1 Å². The lowest BCUT2D eigenvalue weighted by molar-refractivity contribution is -0.274. The van der Waals surface area contributed by atoms with Crippen molar-refractivity contribution in [3.05, 3.63) is 18.2 Å². The normalized spacial score (nSPS) is 10.9. The molecule has 1 N–H and O–H groups in total. The van der Waals surface area contributed by atoms with Crippen LogP contribution in [0.3, 0.4) is 0 Å². The lowest BCUT2D eigenvalue weighted by Crippen LogP contribution is -2.17. The lowest BCUT2D eigenvalue weighted by Gasteiger charge is -2.11. The van der Waals surface area contributed by atoms with Crippen LogP contribution in [0.1, 0.15) is 0 Å². The van der Waals surface area contributed by atoms with E-state index < -0.39 is 6.36 Å². The van der Waals surface area contributed by atoms with E-state index >= 15 is 0 Å². The maximum Gasteiger partial charge on any atom is 0.573 e. The second-order valence-electron chi connectivity index (χ2n) is 2.63. The van der Waals surface area contributed by atoms with Crippen molar-refractivity contribution in [2.24, 2.45) is 4.99 Å². The van der Waals surface area contributed by atoms with E-state index in [-0.39, 0.29) is 5.75 Å². The number of aliphatic imine (C=N–C) groups is 1. The molecule has 0 saturated heterocycles. The Kier molecular flexibility index (Phi) is 3.18. The number of nitrogens with one attached hydrogen (secondary N) is 1. The Balaban J connectivity index is 2.98. The molecule has 6 heteroatoms. The standard InChI is InChI=1S/C9H9F3N2O/c1-13-7-4-3-6(5-8(7)14-2)15-9(10,11)12/h3-5,13H,2H2,1H3. The van der Waals surface area contributed by atoms with Gasteiger partial charge in [0.1, 0.15) is 5.75 Å². The molecule has 82 valence electrons. The highest BCUT2D eigenvalue weighted by atomic mass is 19.4. The summed E-state index contributed by atoms with van der Waals surface area (Å²) in [6.45, 7) is 3.25. The summed E-state index contributed by atoms with van der Waals surface area (Å²) in [5.41, 5.74) is 0.888. The molecule has 0 aliphatic rings. The zero-order chi connectivity index (χ0) is 11.5. The van der Waals surface area contributed by atoms with Gasteiger partial charge in [-0.3, -0.25) is 4.99 Å². The van der Waals surface area contributed by atoms with Gasteiger partial charge in [0.2, 0.25) is 0 Å². The number of alkyl halides is 3. The molecule has 0 unspecified atom stereocenters. The minimum Gasteiger partial charge on any atom is -0.406 e. The molecule has 0 aliphatic carbocycles. The van der Waals surface area contributed by atoms with E-state index in [1.807, 2.05) is 0 Å². The molecule has 3 nitrogen and oxygen atoms in total. The summed E-state index contributed by atoms with van der Waals surface area (Å²) in [5.74, 6) is -0.316. The highest BCUT2D eigenvalue weighted by molar-refractivity contribution is 5.69. The molecule has 1 aromatic carbocycles. The molecule has 1 aromatic rings. The van der Waals surface area contributed by atoms with Crippen molar-refractivity contribution in [3.63, 3.8) is 0 Å². The third-order valence-corrected chi connectivity index (χ3v) is 1.64. The lowest BCUT2D eigenvalue weighted by atomic mass is 10.2. The summed E-state index contributed by atoms with van der Waals surface area (Å²) in [6, 6.07) is 3.80. The zero-order valence-corrected chi connectivity index (χ0v) is 7.93. The highest BCUT2D eigenvalue weighted by Crippen LogP contribution is 2.31. The van der Waals surface area contributed by atoms with Crippen LogP contribution in [0.5, 0.6) is 5.75 Å². The molecular weight excluding hydrogens is 209 g/mol. The topological polar surface area (TPSA) is 33.6 Å². The van der Waals surface area contributed by atoms with Crippen LogP contribution in [0.2, 0.25) is 0 Å². The number of ether oxygens (including phenoxy) is 1. The Morgan fingerprint density at radius 1 is 1.40 bits per heavy atom. The molecule has 0 radical (unpaired) electrons. The molecule has 0 heterocycles. The first-order chi connectivity index (χ1) is 6.96. The Hall–Kier alpha value is -1.72. The summed E-state index contributed by atoms with van der Waals surface area (Å²) >= 11 is 0. The predicted octanol–water partition coefficient (Wildman–Crippen LogP) is 2.96. The Morgan fingerprint density at radius 3 is 2.53 bits per heavy atom. The number of nitrogens with zero attached hydrogens (tertiary/aromatic N) is 1. The van der Waals surface area contributed by atoms with Gasteiger partial charge in [-0.25, -0.2) is 0 Å². The van der Waals surface area contributed by atoms with Crippen LogP contribution in [0.25, 0.3) is 0 Å². The molecule has 0 fully saturated rings. The van der Waals surface area contributed by atoms with Gasteiger partial charge in [0.25, 0.3) is 0 Å². The van der Waals surface area contributed by atoms with E-state index in [2.05, 4.69) is 21.8 Å². The number of anilines is 1. The summed E-state index contributed by atoms with van der Waals surface area (Å²) in [6.07, 6.45) is -4.69. The van der Waals surface area contributed by atoms with E-state index in [4.69, 9.17) is 0 Å². The average Bonchev–Trinajstić information content (AvgIpc) is 2.15. The van der Waals surface area contributed by atoms with E-state index in [1.54, 1.807) is 7.05 Å². The van der Waals surface area contributed by atoms with Crippen molar-refractivity contribution < 1.29 is 17.9 Å². The second kappa shape index (κ2) is 4.20.